The van der Waals surface area contributed by atoms with E-state index in [1.165, 1.54) is 35.4 Å². The van der Waals surface area contributed by atoms with E-state index in [2.05, 4.69) is 10.1 Å². The average Bonchev–Trinajstić information content (AvgIpc) is 3.05. The molecule has 7 heteroatoms. The fourth-order valence-corrected chi connectivity index (χ4v) is 2.28. The summed E-state index contributed by atoms with van der Waals surface area (Å²) in [6, 6.07) is 8.27. The number of halogens is 1. The summed E-state index contributed by atoms with van der Waals surface area (Å²) >= 11 is 0. The number of amides is 1. The molecule has 3 rings (SSSR count). The third-order valence-corrected chi connectivity index (χ3v) is 3.51. The molecule has 0 saturated heterocycles. The topological polar surface area (TPSA) is 97.6 Å². The fourth-order valence-electron chi connectivity index (χ4n) is 2.28. The summed E-state index contributed by atoms with van der Waals surface area (Å²) in [6.07, 6.45) is 4.21. The highest BCUT2D eigenvalue weighted by Crippen LogP contribution is 2.26. The molecule has 0 aliphatic carbocycles. The van der Waals surface area contributed by atoms with Crippen LogP contribution in [0.2, 0.25) is 0 Å². The predicted molar refractivity (Wildman–Crippen MR) is 84.7 cm³/mol. The number of rotatable bonds is 3. The first-order valence-electron chi connectivity index (χ1n) is 7.01. The number of hydrogen-bond acceptors (Lipinski definition) is 4. The van der Waals surface area contributed by atoms with Crippen molar-refractivity contribution in [3.8, 4) is 23.0 Å². The summed E-state index contributed by atoms with van der Waals surface area (Å²) < 4.78 is 15.5. The maximum absolute atomic E-state index is 14.1. The Hall–Kier alpha value is -3.53. The van der Waals surface area contributed by atoms with Gasteiger partial charge in [0.2, 0.25) is 0 Å². The number of nitrogens with zero attached hydrogens (tertiary/aromatic N) is 4. The van der Waals surface area contributed by atoms with Crippen LogP contribution in [0.5, 0.6) is 0 Å². The SMILES string of the molecule is Cc1ccc(-c2ncc(-n3cc(C(N)=O)cn3)cc2C#N)c(F)c1. The molecule has 1 amide bonds. The van der Waals surface area contributed by atoms with Gasteiger partial charge in [0.1, 0.15) is 11.9 Å². The van der Waals surface area contributed by atoms with Crippen molar-refractivity contribution in [2.24, 2.45) is 5.73 Å². The van der Waals surface area contributed by atoms with E-state index in [0.29, 0.717) is 5.69 Å². The smallest absolute Gasteiger partial charge is 0.251 e. The molecule has 0 unspecified atom stereocenters. The number of carbonyl (C=O) groups excluding carboxylic acids is 1. The summed E-state index contributed by atoms with van der Waals surface area (Å²) in [5, 5.41) is 13.4. The van der Waals surface area contributed by atoms with E-state index >= 15 is 0 Å². The summed E-state index contributed by atoms with van der Waals surface area (Å²) in [5.74, 6) is -1.05. The second-order valence-electron chi connectivity index (χ2n) is 5.22. The number of hydrogen-bond donors (Lipinski definition) is 1. The van der Waals surface area contributed by atoms with E-state index in [1.54, 1.807) is 19.1 Å². The molecule has 0 atom stereocenters. The number of aromatic nitrogens is 3. The highest BCUT2D eigenvalue weighted by atomic mass is 19.1. The minimum atomic E-state index is -0.604. The monoisotopic (exact) mass is 321 g/mol. The molecule has 0 saturated carbocycles. The van der Waals surface area contributed by atoms with Gasteiger partial charge in [0.15, 0.2) is 0 Å². The molecule has 6 nitrogen and oxygen atoms in total. The van der Waals surface area contributed by atoms with Crippen LogP contribution in [0.15, 0.2) is 42.9 Å². The number of primary amides is 1. The zero-order valence-corrected chi connectivity index (χ0v) is 12.7. The van der Waals surface area contributed by atoms with Crippen molar-refractivity contribution in [2.75, 3.05) is 0 Å². The van der Waals surface area contributed by atoms with Gasteiger partial charge in [-0.05, 0) is 30.7 Å². The minimum absolute atomic E-state index is 0.200. The van der Waals surface area contributed by atoms with Crippen molar-refractivity contribution in [3.63, 3.8) is 0 Å². The van der Waals surface area contributed by atoms with Gasteiger partial charge in [-0.25, -0.2) is 9.07 Å². The summed E-state index contributed by atoms with van der Waals surface area (Å²) in [6.45, 7) is 1.78. The number of nitrogens with two attached hydrogens (primary N) is 1. The van der Waals surface area contributed by atoms with Crippen LogP contribution >= 0.6 is 0 Å². The lowest BCUT2D eigenvalue weighted by Gasteiger charge is -2.08. The first-order chi connectivity index (χ1) is 11.5. The molecule has 118 valence electrons. The van der Waals surface area contributed by atoms with Gasteiger partial charge in [0, 0.05) is 11.8 Å². The second kappa shape index (κ2) is 5.93. The molecule has 0 spiro atoms. The van der Waals surface area contributed by atoms with Crippen molar-refractivity contribution in [3.05, 3.63) is 65.4 Å². The Morgan fingerprint density at radius 1 is 1.33 bits per heavy atom. The van der Waals surface area contributed by atoms with Crippen molar-refractivity contribution in [1.82, 2.24) is 14.8 Å². The van der Waals surface area contributed by atoms with Gasteiger partial charge in [0.05, 0.1) is 34.9 Å². The lowest BCUT2D eigenvalue weighted by atomic mass is 10.0. The molecular weight excluding hydrogens is 309 g/mol. The Balaban J connectivity index is 2.08. The van der Waals surface area contributed by atoms with Crippen LogP contribution in [0, 0.1) is 24.1 Å². The van der Waals surface area contributed by atoms with Crippen molar-refractivity contribution in [1.29, 1.82) is 5.26 Å². The number of nitriles is 1. The molecule has 0 fully saturated rings. The first-order valence-corrected chi connectivity index (χ1v) is 7.01. The van der Waals surface area contributed by atoms with Gasteiger partial charge >= 0.3 is 0 Å². The van der Waals surface area contributed by atoms with Crippen LogP contribution < -0.4 is 5.73 Å². The van der Waals surface area contributed by atoms with Gasteiger partial charge in [-0.1, -0.05) is 6.07 Å². The lowest BCUT2D eigenvalue weighted by Crippen LogP contribution is -2.09. The van der Waals surface area contributed by atoms with Crippen LogP contribution in [0.4, 0.5) is 4.39 Å². The Bertz CT molecular complexity index is 987. The standard InChI is InChI=1S/C17H12FN5O/c1-10-2-3-14(15(18)4-10)16-11(6-19)5-13(8-21-16)23-9-12(7-22-23)17(20)24/h2-5,7-9H,1H3,(H2,20,24). The molecule has 0 aliphatic rings. The molecule has 2 aromatic heterocycles. The Morgan fingerprint density at radius 2 is 2.12 bits per heavy atom. The van der Waals surface area contributed by atoms with Crippen LogP contribution in [-0.4, -0.2) is 20.7 Å². The van der Waals surface area contributed by atoms with E-state index in [4.69, 9.17) is 5.73 Å². The fraction of sp³-hybridized carbons (Fsp3) is 0.0588. The van der Waals surface area contributed by atoms with E-state index in [9.17, 15) is 14.4 Å². The van der Waals surface area contributed by atoms with E-state index in [-0.39, 0.29) is 22.4 Å². The molecule has 0 aliphatic heterocycles. The minimum Gasteiger partial charge on any atom is -0.366 e. The average molecular weight is 321 g/mol. The predicted octanol–water partition coefficient (Wildman–Crippen LogP) is 2.35. The first kappa shape index (κ1) is 15.4. The third kappa shape index (κ3) is 2.73. The Kier molecular flexibility index (Phi) is 3.80. The van der Waals surface area contributed by atoms with Crippen molar-refractivity contribution >= 4 is 5.91 Å². The quantitative estimate of drug-likeness (QED) is 0.800. The molecule has 24 heavy (non-hydrogen) atoms. The number of carbonyl (C=O) groups is 1. The maximum atomic E-state index is 14.1. The van der Waals surface area contributed by atoms with Gasteiger partial charge in [-0.3, -0.25) is 9.78 Å². The summed E-state index contributed by atoms with van der Waals surface area (Å²) in [7, 11) is 0. The third-order valence-electron chi connectivity index (χ3n) is 3.51. The normalized spacial score (nSPS) is 10.4. The van der Waals surface area contributed by atoms with Crippen molar-refractivity contribution < 1.29 is 9.18 Å². The van der Waals surface area contributed by atoms with E-state index < -0.39 is 11.7 Å². The summed E-state index contributed by atoms with van der Waals surface area (Å²) in [4.78, 5) is 15.3. The zero-order chi connectivity index (χ0) is 17.3. The maximum Gasteiger partial charge on any atom is 0.251 e. The molecule has 0 radical (unpaired) electrons. The highest BCUT2D eigenvalue weighted by molar-refractivity contribution is 5.92. The molecule has 3 aromatic rings. The van der Waals surface area contributed by atoms with Crippen molar-refractivity contribution in [2.45, 2.75) is 6.92 Å². The molecule has 0 bridgehead atoms. The van der Waals surface area contributed by atoms with Gasteiger partial charge < -0.3 is 5.73 Å². The Morgan fingerprint density at radius 3 is 2.75 bits per heavy atom. The van der Waals surface area contributed by atoms with Gasteiger partial charge in [0.25, 0.3) is 5.91 Å². The second-order valence-corrected chi connectivity index (χ2v) is 5.22. The van der Waals surface area contributed by atoms with E-state index in [1.807, 2.05) is 6.07 Å². The molecule has 1 aromatic carbocycles. The van der Waals surface area contributed by atoms with Gasteiger partial charge in [-0.2, -0.15) is 10.4 Å². The molecular formula is C17H12FN5O. The largest absolute Gasteiger partial charge is 0.366 e. The van der Waals surface area contributed by atoms with Crippen LogP contribution in [0.1, 0.15) is 21.5 Å². The lowest BCUT2D eigenvalue weighted by molar-refractivity contribution is 0.100. The van der Waals surface area contributed by atoms with Gasteiger partial charge in [-0.15, -0.1) is 0 Å². The molecule has 2 heterocycles. The summed E-state index contributed by atoms with van der Waals surface area (Å²) in [5.41, 5.74) is 7.38. The molecule has 2 N–H and O–H groups in total. The Labute approximate surface area is 137 Å². The number of pyridine rings is 1. The van der Waals surface area contributed by atoms with Crippen LogP contribution in [0.3, 0.4) is 0 Å². The zero-order valence-electron chi connectivity index (χ0n) is 12.7. The van der Waals surface area contributed by atoms with Crippen LogP contribution in [0.25, 0.3) is 16.9 Å². The number of aryl methyl sites for hydroxylation is 1. The number of benzene rings is 1. The highest BCUT2D eigenvalue weighted by Gasteiger charge is 2.14. The van der Waals surface area contributed by atoms with Crippen LogP contribution in [-0.2, 0) is 0 Å². The van der Waals surface area contributed by atoms with E-state index in [0.717, 1.165) is 5.56 Å².